The third-order valence-corrected chi connectivity index (χ3v) is 3.42. The Morgan fingerprint density at radius 3 is 1.13 bits per heavy atom. The highest BCUT2D eigenvalue weighted by atomic mass is 16.5. The van der Waals surface area contributed by atoms with E-state index < -0.39 is 5.60 Å². The monoisotopic (exact) mass is 335 g/mol. The lowest BCUT2D eigenvalue weighted by Gasteiger charge is -2.33. The normalized spacial score (nSPS) is 12.8. The first-order valence-electron chi connectivity index (χ1n) is 7.99. The fourth-order valence-corrected chi connectivity index (χ4v) is 1.80. The number of hydrogen-bond donors (Lipinski definition) is 2. The summed E-state index contributed by atoms with van der Waals surface area (Å²) in [6.45, 7) is 5.11. The quantitative estimate of drug-likeness (QED) is 0.557. The number of likely N-dealkylation sites (N-methyl/N-ethyl adjacent to an activating group) is 4. The molecule has 0 aromatic heterocycles. The predicted octanol–water partition coefficient (Wildman–Crippen LogP) is -0.382. The Balaban J connectivity index is 0. The van der Waals surface area contributed by atoms with Crippen molar-refractivity contribution in [3.05, 3.63) is 0 Å². The first kappa shape index (κ1) is 25.0. The van der Waals surface area contributed by atoms with E-state index in [1.54, 1.807) is 13.8 Å². The van der Waals surface area contributed by atoms with E-state index in [-0.39, 0.29) is 0 Å². The number of ether oxygens (including phenoxy) is 1. The number of nitrogens with zero attached hydrogens (tertiary/aromatic N) is 4. The van der Waals surface area contributed by atoms with Crippen molar-refractivity contribution < 1.29 is 9.84 Å². The molecule has 0 atom stereocenters. The van der Waals surface area contributed by atoms with Crippen molar-refractivity contribution in [2.45, 2.75) is 31.8 Å². The lowest BCUT2D eigenvalue weighted by Crippen LogP contribution is -2.47. The average molecular weight is 336 g/mol. The molecule has 0 spiro atoms. The van der Waals surface area contributed by atoms with Crippen LogP contribution in [0.2, 0.25) is 0 Å². The van der Waals surface area contributed by atoms with Gasteiger partial charge in [0.15, 0.2) is 0 Å². The Morgan fingerprint density at radius 1 is 0.783 bits per heavy atom. The van der Waals surface area contributed by atoms with E-state index in [2.05, 4.69) is 76.0 Å². The summed E-state index contributed by atoms with van der Waals surface area (Å²) < 4.78 is 5.84. The van der Waals surface area contributed by atoms with Gasteiger partial charge in [-0.2, -0.15) is 0 Å². The summed E-state index contributed by atoms with van der Waals surface area (Å²) in [6, 6.07) is 0. The summed E-state index contributed by atoms with van der Waals surface area (Å²) in [4.78, 5) is 8.67. The SMILES string of the molecule is CC(C)(O)CN.CN(C)C(COCC(N(C)C)N(C)C)N(C)C. The van der Waals surface area contributed by atoms with E-state index in [4.69, 9.17) is 15.6 Å². The third-order valence-electron chi connectivity index (χ3n) is 3.42. The van der Waals surface area contributed by atoms with Gasteiger partial charge in [-0.05, 0) is 70.2 Å². The molecular weight excluding hydrogens is 294 g/mol. The molecule has 7 heteroatoms. The van der Waals surface area contributed by atoms with Crippen LogP contribution in [0.25, 0.3) is 0 Å². The number of aliphatic hydroxyl groups is 1. The molecule has 0 aliphatic heterocycles. The fraction of sp³-hybridized carbons (Fsp3) is 1.00. The molecule has 0 aromatic carbocycles. The van der Waals surface area contributed by atoms with Crippen LogP contribution < -0.4 is 5.73 Å². The highest BCUT2D eigenvalue weighted by Gasteiger charge is 2.17. The molecule has 142 valence electrons. The van der Waals surface area contributed by atoms with Crippen molar-refractivity contribution in [3.8, 4) is 0 Å². The maximum atomic E-state index is 8.70. The minimum Gasteiger partial charge on any atom is -0.389 e. The lowest BCUT2D eigenvalue weighted by molar-refractivity contribution is -0.0268. The van der Waals surface area contributed by atoms with Crippen molar-refractivity contribution >= 4 is 0 Å². The number of hydrogen-bond acceptors (Lipinski definition) is 7. The van der Waals surface area contributed by atoms with Crippen molar-refractivity contribution in [1.29, 1.82) is 0 Å². The molecule has 0 rings (SSSR count). The Hall–Kier alpha value is -0.280. The van der Waals surface area contributed by atoms with Gasteiger partial charge in [-0.1, -0.05) is 0 Å². The first-order chi connectivity index (χ1) is 10.3. The molecule has 23 heavy (non-hydrogen) atoms. The number of nitrogens with two attached hydrogens (primary N) is 1. The number of rotatable bonds is 9. The van der Waals surface area contributed by atoms with E-state index in [9.17, 15) is 0 Å². The molecule has 0 saturated heterocycles. The van der Waals surface area contributed by atoms with Crippen LogP contribution in [0.5, 0.6) is 0 Å². The van der Waals surface area contributed by atoms with Gasteiger partial charge in [0, 0.05) is 6.54 Å². The van der Waals surface area contributed by atoms with Crippen LogP contribution in [0.4, 0.5) is 0 Å². The summed E-state index contributed by atoms with van der Waals surface area (Å²) in [5, 5.41) is 8.70. The Kier molecular flexibility index (Phi) is 13.2. The molecule has 7 nitrogen and oxygen atoms in total. The van der Waals surface area contributed by atoms with Gasteiger partial charge in [0.25, 0.3) is 0 Å². The van der Waals surface area contributed by atoms with E-state index in [1.807, 2.05) is 0 Å². The van der Waals surface area contributed by atoms with Gasteiger partial charge in [0.2, 0.25) is 0 Å². The molecule has 0 aromatic rings. The smallest absolute Gasteiger partial charge is 0.0853 e. The zero-order valence-corrected chi connectivity index (χ0v) is 17.0. The summed E-state index contributed by atoms with van der Waals surface area (Å²) in [7, 11) is 16.6. The zero-order chi connectivity index (χ0) is 18.8. The molecule has 0 bridgehead atoms. The molecule has 0 saturated carbocycles. The molecule has 0 fully saturated rings. The van der Waals surface area contributed by atoms with E-state index >= 15 is 0 Å². The molecule has 0 unspecified atom stereocenters. The summed E-state index contributed by atoms with van der Waals surface area (Å²) in [6.07, 6.45) is 0.639. The van der Waals surface area contributed by atoms with Gasteiger partial charge in [-0.15, -0.1) is 0 Å². The largest absolute Gasteiger partial charge is 0.389 e. The highest BCUT2D eigenvalue weighted by molar-refractivity contribution is 4.65. The third kappa shape index (κ3) is 13.8. The highest BCUT2D eigenvalue weighted by Crippen LogP contribution is 2.02. The van der Waals surface area contributed by atoms with Crippen molar-refractivity contribution in [1.82, 2.24) is 19.6 Å². The summed E-state index contributed by atoms with van der Waals surface area (Å²) >= 11 is 0. The summed E-state index contributed by atoms with van der Waals surface area (Å²) in [5.41, 5.74) is 4.38. The maximum Gasteiger partial charge on any atom is 0.0853 e. The molecule has 0 heterocycles. The van der Waals surface area contributed by atoms with Crippen LogP contribution in [0, 0.1) is 0 Å². The van der Waals surface area contributed by atoms with Gasteiger partial charge < -0.3 is 15.6 Å². The first-order valence-corrected chi connectivity index (χ1v) is 7.99. The molecule has 0 radical (unpaired) electrons. The van der Waals surface area contributed by atoms with Crippen molar-refractivity contribution in [2.24, 2.45) is 5.73 Å². The minimum absolute atomic E-state index is 0.319. The minimum atomic E-state index is -0.681. The predicted molar refractivity (Wildman–Crippen MR) is 98.5 cm³/mol. The van der Waals surface area contributed by atoms with Gasteiger partial charge in [0.1, 0.15) is 0 Å². The second kappa shape index (κ2) is 12.1. The van der Waals surface area contributed by atoms with Gasteiger partial charge >= 0.3 is 0 Å². The molecule has 0 aliphatic carbocycles. The Morgan fingerprint density at radius 2 is 1.00 bits per heavy atom. The summed E-state index contributed by atoms with van der Waals surface area (Å²) in [5.74, 6) is 0. The van der Waals surface area contributed by atoms with E-state index in [0.717, 1.165) is 13.2 Å². The van der Waals surface area contributed by atoms with Crippen LogP contribution in [-0.2, 0) is 4.74 Å². The Labute approximate surface area is 144 Å². The molecule has 3 N–H and O–H groups in total. The van der Waals surface area contributed by atoms with Gasteiger partial charge in [-0.3, -0.25) is 19.6 Å². The fourth-order valence-electron chi connectivity index (χ4n) is 1.80. The van der Waals surface area contributed by atoms with Crippen LogP contribution in [-0.4, -0.2) is 119 Å². The van der Waals surface area contributed by atoms with Crippen LogP contribution in [0.3, 0.4) is 0 Å². The van der Waals surface area contributed by atoms with Crippen molar-refractivity contribution in [3.63, 3.8) is 0 Å². The second-order valence-corrected chi connectivity index (χ2v) is 7.37. The van der Waals surface area contributed by atoms with Crippen molar-refractivity contribution in [2.75, 3.05) is 76.1 Å². The van der Waals surface area contributed by atoms with Crippen LogP contribution >= 0.6 is 0 Å². The second-order valence-electron chi connectivity index (χ2n) is 7.37. The Bertz CT molecular complexity index is 242. The topological polar surface area (TPSA) is 68.4 Å². The van der Waals surface area contributed by atoms with Crippen LogP contribution in [0.15, 0.2) is 0 Å². The standard InChI is InChI=1S/C12H30N4O.C4H11NO/c1-13(2)11(14(3)4)9-17-10-12(15(5)6)16(7)8;1-4(2,6)3-5/h11-12H,9-10H2,1-8H3;6H,3,5H2,1-2H3. The van der Waals surface area contributed by atoms with E-state index in [0.29, 0.717) is 18.9 Å². The van der Waals surface area contributed by atoms with E-state index in [1.165, 1.54) is 0 Å². The van der Waals surface area contributed by atoms with Gasteiger partial charge in [-0.25, -0.2) is 0 Å². The van der Waals surface area contributed by atoms with Gasteiger partial charge in [0.05, 0.1) is 31.1 Å². The zero-order valence-electron chi connectivity index (χ0n) is 17.0. The lowest BCUT2D eigenvalue weighted by atomic mass is 10.1. The maximum absolute atomic E-state index is 8.70. The van der Waals surface area contributed by atoms with Crippen LogP contribution in [0.1, 0.15) is 13.8 Å². The molecule has 0 amide bonds. The molecular formula is C16H41N5O2. The molecule has 0 aliphatic rings. The average Bonchev–Trinajstić information content (AvgIpc) is 2.36.